The summed E-state index contributed by atoms with van der Waals surface area (Å²) in [6.07, 6.45) is 5.74. The Morgan fingerprint density at radius 2 is 2.11 bits per heavy atom. The first-order valence-corrected chi connectivity index (χ1v) is 4.12. The molecule has 0 unspecified atom stereocenters. The zero-order chi connectivity index (χ0) is 7.11. The molecule has 0 nitrogen and oxygen atoms in total. The lowest BCUT2D eigenvalue weighted by Gasteiger charge is -1.95. The van der Waals surface area contributed by atoms with Crippen molar-refractivity contribution >= 4 is 11.6 Å². The quantitative estimate of drug-likeness (QED) is 0.422. The van der Waals surface area contributed by atoms with Crippen molar-refractivity contribution in [1.82, 2.24) is 0 Å². The average Bonchev–Trinajstić information content (AvgIpc) is 1.91. The van der Waals surface area contributed by atoms with Gasteiger partial charge in [-0.15, -0.1) is 11.6 Å². The summed E-state index contributed by atoms with van der Waals surface area (Å²) in [5.41, 5.74) is 1.37. The summed E-state index contributed by atoms with van der Waals surface area (Å²) in [6, 6.07) is 0. The molecule has 0 spiro atoms. The predicted octanol–water partition coefficient (Wildman–Crippen LogP) is 3.36. The second-order valence-electron chi connectivity index (χ2n) is 2.14. The normalized spacial score (nSPS) is 12.1. The van der Waals surface area contributed by atoms with Gasteiger partial charge in [0, 0.05) is 5.88 Å². The molecule has 0 aromatic carbocycles. The Labute approximate surface area is 62.9 Å². The van der Waals surface area contributed by atoms with Crippen LogP contribution in [0.3, 0.4) is 0 Å². The van der Waals surface area contributed by atoms with Crippen LogP contribution in [0.4, 0.5) is 0 Å². The van der Waals surface area contributed by atoms with E-state index in [0.29, 0.717) is 5.88 Å². The molecule has 0 fully saturated rings. The zero-order valence-corrected chi connectivity index (χ0v) is 7.04. The van der Waals surface area contributed by atoms with E-state index < -0.39 is 0 Å². The summed E-state index contributed by atoms with van der Waals surface area (Å²) in [4.78, 5) is 0. The van der Waals surface area contributed by atoms with E-state index in [1.807, 2.05) is 0 Å². The third-order valence-electron chi connectivity index (χ3n) is 1.35. The van der Waals surface area contributed by atoms with Crippen molar-refractivity contribution in [1.29, 1.82) is 0 Å². The van der Waals surface area contributed by atoms with E-state index in [4.69, 9.17) is 11.6 Å². The Morgan fingerprint density at radius 1 is 1.44 bits per heavy atom. The van der Waals surface area contributed by atoms with E-state index in [2.05, 4.69) is 19.9 Å². The second-order valence-corrected chi connectivity index (χ2v) is 2.41. The first-order chi connectivity index (χ1) is 4.35. The van der Waals surface area contributed by atoms with Crippen molar-refractivity contribution in [2.75, 3.05) is 5.88 Å². The van der Waals surface area contributed by atoms with E-state index >= 15 is 0 Å². The molecule has 0 aliphatic heterocycles. The fourth-order valence-electron chi connectivity index (χ4n) is 0.642. The van der Waals surface area contributed by atoms with Crippen molar-refractivity contribution in [3.63, 3.8) is 0 Å². The maximum Gasteiger partial charge on any atom is 0.0433 e. The largest absolute Gasteiger partial charge is 0.122 e. The van der Waals surface area contributed by atoms with Gasteiger partial charge in [0.25, 0.3) is 0 Å². The molecule has 0 N–H and O–H groups in total. The van der Waals surface area contributed by atoms with E-state index in [-0.39, 0.29) is 0 Å². The third kappa shape index (κ3) is 4.53. The van der Waals surface area contributed by atoms with E-state index in [0.717, 1.165) is 6.42 Å². The van der Waals surface area contributed by atoms with Gasteiger partial charge < -0.3 is 0 Å². The van der Waals surface area contributed by atoms with Crippen LogP contribution in [0.1, 0.15) is 33.1 Å². The molecule has 0 aromatic rings. The number of unbranched alkanes of at least 4 members (excludes halogenated alkanes) is 1. The van der Waals surface area contributed by atoms with Gasteiger partial charge in [-0.25, -0.2) is 0 Å². The van der Waals surface area contributed by atoms with Crippen LogP contribution in [0.2, 0.25) is 0 Å². The molecule has 1 heteroatoms. The first-order valence-electron chi connectivity index (χ1n) is 3.59. The maximum atomic E-state index is 5.64. The van der Waals surface area contributed by atoms with Crippen molar-refractivity contribution in [2.24, 2.45) is 0 Å². The van der Waals surface area contributed by atoms with E-state index in [1.54, 1.807) is 0 Å². The molecule has 0 amide bonds. The summed E-state index contributed by atoms with van der Waals surface area (Å²) < 4.78 is 0. The standard InChI is InChI=1S/C8H15Cl/c1-3-5-6-8(4-2)7-9/h6H,3-5,7H2,1-2H3. The van der Waals surface area contributed by atoms with Crippen LogP contribution < -0.4 is 0 Å². The van der Waals surface area contributed by atoms with Crippen molar-refractivity contribution in [3.8, 4) is 0 Å². The third-order valence-corrected chi connectivity index (χ3v) is 1.69. The van der Waals surface area contributed by atoms with Crippen LogP contribution in [0.15, 0.2) is 11.6 Å². The number of allylic oxidation sites excluding steroid dienone is 2. The van der Waals surface area contributed by atoms with Crippen LogP contribution in [0.25, 0.3) is 0 Å². The molecule has 0 bridgehead atoms. The van der Waals surface area contributed by atoms with E-state index in [9.17, 15) is 0 Å². The number of hydrogen-bond donors (Lipinski definition) is 0. The highest BCUT2D eigenvalue weighted by atomic mass is 35.5. The zero-order valence-electron chi connectivity index (χ0n) is 6.28. The number of rotatable bonds is 4. The number of hydrogen-bond acceptors (Lipinski definition) is 0. The monoisotopic (exact) mass is 146 g/mol. The Morgan fingerprint density at radius 3 is 2.44 bits per heavy atom. The highest BCUT2D eigenvalue weighted by Crippen LogP contribution is 2.04. The van der Waals surface area contributed by atoms with Crippen molar-refractivity contribution < 1.29 is 0 Å². The van der Waals surface area contributed by atoms with Gasteiger partial charge in [0.15, 0.2) is 0 Å². The molecule has 0 aromatic heterocycles. The number of halogens is 1. The summed E-state index contributed by atoms with van der Waals surface area (Å²) in [6.45, 7) is 4.32. The average molecular weight is 147 g/mol. The van der Waals surface area contributed by atoms with Crippen LogP contribution in [0.5, 0.6) is 0 Å². The molecule has 0 heterocycles. The predicted molar refractivity (Wildman–Crippen MR) is 44.0 cm³/mol. The Bertz CT molecular complexity index is 78.6. The van der Waals surface area contributed by atoms with Gasteiger partial charge in [-0.05, 0) is 12.8 Å². The summed E-state index contributed by atoms with van der Waals surface area (Å²) >= 11 is 5.64. The Kier molecular flexibility index (Phi) is 6.18. The molecular formula is C8H15Cl. The van der Waals surface area contributed by atoms with Crippen LogP contribution in [-0.4, -0.2) is 5.88 Å². The first kappa shape index (κ1) is 9.03. The molecule has 0 atom stereocenters. The summed E-state index contributed by atoms with van der Waals surface area (Å²) in [5.74, 6) is 0.705. The van der Waals surface area contributed by atoms with Gasteiger partial charge in [-0.1, -0.05) is 31.9 Å². The highest BCUT2D eigenvalue weighted by Gasteiger charge is 1.87. The molecule has 0 aliphatic carbocycles. The minimum atomic E-state index is 0.705. The molecule has 0 aliphatic rings. The Hall–Kier alpha value is 0.0300. The SMILES string of the molecule is CCCC=C(CC)CCl. The fraction of sp³-hybridized carbons (Fsp3) is 0.750. The topological polar surface area (TPSA) is 0 Å². The van der Waals surface area contributed by atoms with Crippen LogP contribution >= 0.6 is 11.6 Å². The summed E-state index contributed by atoms with van der Waals surface area (Å²) in [7, 11) is 0. The molecular weight excluding hydrogens is 132 g/mol. The van der Waals surface area contributed by atoms with Gasteiger partial charge in [0.1, 0.15) is 0 Å². The molecule has 0 radical (unpaired) electrons. The lowest BCUT2D eigenvalue weighted by Crippen LogP contribution is -1.80. The lowest BCUT2D eigenvalue weighted by molar-refractivity contribution is 0.935. The molecule has 0 saturated carbocycles. The van der Waals surface area contributed by atoms with Crippen LogP contribution in [-0.2, 0) is 0 Å². The summed E-state index contributed by atoms with van der Waals surface area (Å²) in [5, 5.41) is 0. The molecule has 54 valence electrons. The lowest BCUT2D eigenvalue weighted by atomic mass is 10.2. The molecule has 0 saturated heterocycles. The van der Waals surface area contributed by atoms with Gasteiger partial charge in [-0.2, -0.15) is 0 Å². The minimum Gasteiger partial charge on any atom is -0.122 e. The smallest absolute Gasteiger partial charge is 0.0433 e. The molecule has 0 rings (SSSR count). The van der Waals surface area contributed by atoms with Crippen molar-refractivity contribution in [2.45, 2.75) is 33.1 Å². The van der Waals surface area contributed by atoms with Crippen LogP contribution in [0, 0.1) is 0 Å². The maximum absolute atomic E-state index is 5.64. The second kappa shape index (κ2) is 6.15. The van der Waals surface area contributed by atoms with Gasteiger partial charge in [0.2, 0.25) is 0 Å². The van der Waals surface area contributed by atoms with Gasteiger partial charge in [-0.3, -0.25) is 0 Å². The fourth-order valence-corrected chi connectivity index (χ4v) is 0.940. The van der Waals surface area contributed by atoms with Gasteiger partial charge in [0.05, 0.1) is 0 Å². The minimum absolute atomic E-state index is 0.705. The van der Waals surface area contributed by atoms with Gasteiger partial charge >= 0.3 is 0 Å². The van der Waals surface area contributed by atoms with E-state index in [1.165, 1.54) is 18.4 Å². The highest BCUT2D eigenvalue weighted by molar-refractivity contribution is 6.19. The Balaban J connectivity index is 3.48. The number of alkyl halides is 1. The van der Waals surface area contributed by atoms with Crippen molar-refractivity contribution in [3.05, 3.63) is 11.6 Å². The molecule has 9 heavy (non-hydrogen) atoms.